The summed E-state index contributed by atoms with van der Waals surface area (Å²) in [4.78, 5) is 35.4. The maximum atomic E-state index is 12.9. The summed E-state index contributed by atoms with van der Waals surface area (Å²) < 4.78 is 7.71. The van der Waals surface area contributed by atoms with E-state index in [1.807, 2.05) is 37.3 Å². The van der Waals surface area contributed by atoms with Crippen LogP contribution in [0.15, 0.2) is 42.9 Å². The summed E-state index contributed by atoms with van der Waals surface area (Å²) >= 11 is 0. The number of anilines is 1. The van der Waals surface area contributed by atoms with Crippen molar-refractivity contribution in [1.29, 1.82) is 0 Å². The first-order valence-electron chi connectivity index (χ1n) is 12.1. The summed E-state index contributed by atoms with van der Waals surface area (Å²) in [5.41, 5.74) is 3.67. The molecule has 2 amide bonds. The Morgan fingerprint density at radius 1 is 1.19 bits per heavy atom. The number of nitrogens with zero attached hydrogens (tertiary/aromatic N) is 5. The molecular formula is C26H27N7O3. The Balaban J connectivity index is 1.21. The molecule has 2 N–H and O–H groups in total. The average molecular weight is 486 g/mol. The largest absolute Gasteiger partial charge is 0.439 e. The second-order valence-electron chi connectivity index (χ2n) is 9.97. The van der Waals surface area contributed by atoms with Crippen molar-refractivity contribution >= 4 is 28.7 Å². The predicted octanol–water partition coefficient (Wildman–Crippen LogP) is 4.37. The van der Waals surface area contributed by atoms with Crippen LogP contribution in [0.5, 0.6) is 11.6 Å². The molecule has 10 nitrogen and oxygen atoms in total. The zero-order valence-corrected chi connectivity index (χ0v) is 20.4. The number of aromatic nitrogens is 5. The van der Waals surface area contributed by atoms with Crippen LogP contribution in [-0.4, -0.2) is 47.6 Å². The van der Waals surface area contributed by atoms with Crippen molar-refractivity contribution in [2.24, 2.45) is 0 Å². The maximum absolute atomic E-state index is 12.9. The number of amides is 2. The van der Waals surface area contributed by atoms with Crippen LogP contribution in [0.4, 0.5) is 10.6 Å². The third kappa shape index (κ3) is 3.88. The number of hydrogen-bond acceptors (Lipinski definition) is 6. The van der Waals surface area contributed by atoms with Crippen molar-refractivity contribution in [2.45, 2.75) is 58.0 Å². The zero-order valence-electron chi connectivity index (χ0n) is 20.4. The smallest absolute Gasteiger partial charge is 0.331 e. The van der Waals surface area contributed by atoms with Gasteiger partial charge in [0.1, 0.15) is 12.1 Å². The van der Waals surface area contributed by atoms with Gasteiger partial charge in [-0.1, -0.05) is 6.92 Å². The van der Waals surface area contributed by atoms with Crippen LogP contribution in [0.3, 0.4) is 0 Å². The Bertz CT molecular complexity index is 1500. The highest BCUT2D eigenvalue weighted by atomic mass is 16.5. The highest BCUT2D eigenvalue weighted by Gasteiger charge is 2.40. The van der Waals surface area contributed by atoms with Gasteiger partial charge in [0.2, 0.25) is 11.8 Å². The molecule has 1 fully saturated rings. The van der Waals surface area contributed by atoms with E-state index in [1.54, 1.807) is 22.6 Å². The van der Waals surface area contributed by atoms with Gasteiger partial charge in [-0.2, -0.15) is 5.10 Å². The summed E-state index contributed by atoms with van der Waals surface area (Å²) in [5.74, 6) is 1.64. The molecule has 1 aliphatic heterocycles. The SMILES string of the molecule is CC(=O)N1Cc2ncnc(Oc3ccc4c(ccn4C(=O)Nc4cc(C5(C)CC5)[nH]n4)c3)c2C[C@@H]1C. The second kappa shape index (κ2) is 8.18. The molecule has 10 heteroatoms. The average Bonchev–Trinajstić information content (AvgIpc) is 3.24. The zero-order chi connectivity index (χ0) is 25.0. The molecule has 4 heterocycles. The van der Waals surface area contributed by atoms with Gasteiger partial charge >= 0.3 is 6.03 Å². The van der Waals surface area contributed by atoms with Gasteiger partial charge in [0, 0.05) is 47.3 Å². The highest BCUT2D eigenvalue weighted by Crippen LogP contribution is 2.47. The van der Waals surface area contributed by atoms with Crippen LogP contribution in [0.1, 0.15) is 50.6 Å². The highest BCUT2D eigenvalue weighted by molar-refractivity contribution is 5.98. The molecule has 0 bridgehead atoms. The Hall–Kier alpha value is -4.21. The van der Waals surface area contributed by atoms with Crippen LogP contribution >= 0.6 is 0 Å². The minimum absolute atomic E-state index is 0.0261. The van der Waals surface area contributed by atoms with E-state index in [0.29, 0.717) is 30.4 Å². The van der Waals surface area contributed by atoms with Gasteiger partial charge in [-0.25, -0.2) is 14.8 Å². The van der Waals surface area contributed by atoms with Crippen LogP contribution in [-0.2, 0) is 23.2 Å². The number of carbonyl (C=O) groups excluding carboxylic acids is 2. The van der Waals surface area contributed by atoms with E-state index in [0.717, 1.165) is 40.7 Å². The fourth-order valence-electron chi connectivity index (χ4n) is 4.80. The summed E-state index contributed by atoms with van der Waals surface area (Å²) in [6.07, 6.45) is 6.07. The van der Waals surface area contributed by atoms with Crippen molar-refractivity contribution < 1.29 is 14.3 Å². The first kappa shape index (κ1) is 22.3. The molecule has 1 aliphatic carbocycles. The fourth-order valence-corrected chi connectivity index (χ4v) is 4.80. The molecule has 6 rings (SSSR count). The Kier molecular flexibility index (Phi) is 5.06. The molecule has 2 aliphatic rings. The van der Waals surface area contributed by atoms with Crippen LogP contribution in [0, 0.1) is 0 Å². The van der Waals surface area contributed by atoms with Gasteiger partial charge in [0.05, 0.1) is 17.8 Å². The summed E-state index contributed by atoms with van der Waals surface area (Å²) in [6.45, 7) is 6.21. The van der Waals surface area contributed by atoms with E-state index in [9.17, 15) is 9.59 Å². The van der Waals surface area contributed by atoms with Gasteiger partial charge in [-0.15, -0.1) is 0 Å². The number of H-pyrrole nitrogens is 1. The van der Waals surface area contributed by atoms with Gasteiger partial charge in [-0.05, 0) is 50.5 Å². The topological polar surface area (TPSA) is 118 Å². The third-order valence-corrected chi connectivity index (χ3v) is 7.31. The number of hydrogen-bond donors (Lipinski definition) is 2. The van der Waals surface area contributed by atoms with E-state index in [2.05, 4.69) is 32.4 Å². The number of aromatic amines is 1. The second-order valence-corrected chi connectivity index (χ2v) is 9.97. The standard InChI is InChI=1S/C26H27N7O3/c1-15-10-19-20(13-33(15)16(2)34)27-14-28-24(19)36-18-4-5-21-17(11-18)6-9-32(21)25(35)29-23-12-22(30-31-23)26(3)7-8-26/h4-6,9,11-12,14-15H,7-8,10,13H2,1-3H3,(H2,29,30,31,35)/t15-/m0/s1. The minimum atomic E-state index is -0.286. The molecule has 184 valence electrons. The van der Waals surface area contributed by atoms with Crippen LogP contribution in [0.25, 0.3) is 10.9 Å². The number of fused-ring (bicyclic) bond motifs is 2. The van der Waals surface area contributed by atoms with Gasteiger partial charge < -0.3 is 9.64 Å². The van der Waals surface area contributed by atoms with Crippen molar-refractivity contribution in [3.05, 3.63) is 59.8 Å². The number of carbonyl (C=O) groups is 2. The first-order valence-corrected chi connectivity index (χ1v) is 12.1. The van der Waals surface area contributed by atoms with Crippen LogP contribution in [0.2, 0.25) is 0 Å². The molecule has 0 saturated heterocycles. The summed E-state index contributed by atoms with van der Waals surface area (Å²) in [6, 6.07) is 9.06. The van der Waals surface area contributed by atoms with Gasteiger partial charge in [-0.3, -0.25) is 19.8 Å². The molecule has 0 unspecified atom stereocenters. The van der Waals surface area contributed by atoms with Crippen molar-refractivity contribution in [2.75, 3.05) is 5.32 Å². The van der Waals surface area contributed by atoms with Crippen molar-refractivity contribution in [3.8, 4) is 11.6 Å². The quantitative estimate of drug-likeness (QED) is 0.443. The molecule has 0 radical (unpaired) electrons. The molecule has 1 aromatic carbocycles. The molecular weight excluding hydrogens is 458 g/mol. The van der Waals surface area contributed by atoms with Gasteiger partial charge in [0.25, 0.3) is 0 Å². The number of ether oxygens (including phenoxy) is 1. The molecule has 0 spiro atoms. The third-order valence-electron chi connectivity index (χ3n) is 7.31. The lowest BCUT2D eigenvalue weighted by atomic mass is 9.99. The fraction of sp³-hybridized carbons (Fsp3) is 0.346. The molecule has 1 atom stereocenters. The van der Waals surface area contributed by atoms with E-state index in [1.165, 1.54) is 6.33 Å². The molecule has 36 heavy (non-hydrogen) atoms. The van der Waals surface area contributed by atoms with Gasteiger partial charge in [0.15, 0.2) is 5.82 Å². The van der Waals surface area contributed by atoms with Crippen molar-refractivity contribution in [3.63, 3.8) is 0 Å². The van der Waals surface area contributed by atoms with E-state index in [4.69, 9.17) is 4.74 Å². The summed E-state index contributed by atoms with van der Waals surface area (Å²) in [7, 11) is 0. The maximum Gasteiger partial charge on any atom is 0.331 e. The molecule has 4 aromatic rings. The summed E-state index contributed by atoms with van der Waals surface area (Å²) in [5, 5.41) is 11.0. The number of benzene rings is 1. The van der Waals surface area contributed by atoms with E-state index >= 15 is 0 Å². The Morgan fingerprint density at radius 3 is 2.81 bits per heavy atom. The first-order chi connectivity index (χ1) is 17.3. The molecule has 3 aromatic heterocycles. The lowest BCUT2D eigenvalue weighted by Gasteiger charge is -2.33. The van der Waals surface area contributed by atoms with Crippen molar-refractivity contribution in [1.82, 2.24) is 29.6 Å². The Labute approximate surface area is 207 Å². The lowest BCUT2D eigenvalue weighted by Crippen LogP contribution is -2.41. The number of nitrogens with one attached hydrogen (secondary N) is 2. The molecule has 1 saturated carbocycles. The normalized spacial score (nSPS) is 18.1. The Morgan fingerprint density at radius 2 is 2.03 bits per heavy atom. The van der Waals surface area contributed by atoms with E-state index < -0.39 is 0 Å². The monoisotopic (exact) mass is 485 g/mol. The lowest BCUT2D eigenvalue weighted by molar-refractivity contribution is -0.132. The predicted molar refractivity (Wildman–Crippen MR) is 133 cm³/mol. The van der Waals surface area contributed by atoms with Crippen LogP contribution < -0.4 is 10.1 Å². The minimum Gasteiger partial charge on any atom is -0.439 e. The van der Waals surface area contributed by atoms with E-state index in [-0.39, 0.29) is 23.4 Å². The number of rotatable bonds is 4.